The van der Waals surface area contributed by atoms with Crippen LogP contribution in [-0.4, -0.2) is 37.0 Å². The molecule has 1 amide bonds. The van der Waals surface area contributed by atoms with Gasteiger partial charge in [-0.3, -0.25) is 4.79 Å². The standard InChI is InChI=1S/C18H22N4O2S.HI/c1-24-12-14-4-2-3-5-15(14)21-18(19)20-10-17(23)22-8-6-16-13(11-22)7-9-25-16;/h2-5,7,9H,6,8,10-12H2,1H3,(H3,19,20,21);1H. The summed E-state index contributed by atoms with van der Waals surface area (Å²) in [6.07, 6.45) is 0.917. The minimum absolute atomic E-state index is 0. The van der Waals surface area contributed by atoms with E-state index in [1.54, 1.807) is 18.4 Å². The summed E-state index contributed by atoms with van der Waals surface area (Å²) < 4.78 is 5.17. The number of benzene rings is 1. The highest BCUT2D eigenvalue weighted by Gasteiger charge is 2.21. The molecule has 1 aliphatic heterocycles. The van der Waals surface area contributed by atoms with Crippen LogP contribution in [0.1, 0.15) is 16.0 Å². The summed E-state index contributed by atoms with van der Waals surface area (Å²) in [5.74, 6) is 0.219. The minimum atomic E-state index is -0.00761. The van der Waals surface area contributed by atoms with E-state index in [4.69, 9.17) is 10.5 Å². The Morgan fingerprint density at radius 1 is 1.38 bits per heavy atom. The van der Waals surface area contributed by atoms with Crippen molar-refractivity contribution in [2.75, 3.05) is 25.5 Å². The van der Waals surface area contributed by atoms with Crippen LogP contribution in [0.4, 0.5) is 5.69 Å². The second-order valence-corrected chi connectivity index (χ2v) is 6.85. The van der Waals surface area contributed by atoms with E-state index in [1.165, 1.54) is 10.4 Å². The Labute approximate surface area is 174 Å². The van der Waals surface area contributed by atoms with Crippen LogP contribution in [0, 0.1) is 0 Å². The molecular formula is C18H23IN4O2S. The van der Waals surface area contributed by atoms with E-state index in [2.05, 4.69) is 21.8 Å². The monoisotopic (exact) mass is 486 g/mol. The normalized spacial score (nSPS) is 13.7. The number of aliphatic imine (C=N–C) groups is 1. The number of nitrogens with zero attached hydrogens (tertiary/aromatic N) is 2. The van der Waals surface area contributed by atoms with Gasteiger partial charge in [-0.05, 0) is 29.5 Å². The molecule has 2 aromatic rings. The second-order valence-electron chi connectivity index (χ2n) is 5.85. The average molecular weight is 486 g/mol. The van der Waals surface area contributed by atoms with Crippen LogP contribution in [0.2, 0.25) is 0 Å². The Morgan fingerprint density at radius 2 is 2.19 bits per heavy atom. The van der Waals surface area contributed by atoms with Crippen molar-refractivity contribution in [1.82, 2.24) is 4.90 Å². The van der Waals surface area contributed by atoms with Crippen molar-refractivity contribution in [1.29, 1.82) is 0 Å². The lowest BCUT2D eigenvalue weighted by Gasteiger charge is -2.26. The van der Waals surface area contributed by atoms with E-state index in [0.717, 1.165) is 24.2 Å². The molecule has 0 aliphatic carbocycles. The van der Waals surface area contributed by atoms with Gasteiger partial charge in [0.25, 0.3) is 0 Å². The molecule has 0 saturated heterocycles. The summed E-state index contributed by atoms with van der Waals surface area (Å²) in [5, 5.41) is 5.12. The maximum absolute atomic E-state index is 12.4. The van der Waals surface area contributed by atoms with E-state index in [1.807, 2.05) is 29.2 Å². The number of amides is 1. The molecule has 2 heterocycles. The van der Waals surface area contributed by atoms with Crippen molar-refractivity contribution < 1.29 is 9.53 Å². The maximum atomic E-state index is 12.4. The number of ether oxygens (including phenoxy) is 1. The third-order valence-corrected chi connectivity index (χ3v) is 5.15. The third kappa shape index (κ3) is 5.18. The van der Waals surface area contributed by atoms with Gasteiger partial charge in [0.2, 0.25) is 5.91 Å². The molecule has 26 heavy (non-hydrogen) atoms. The lowest BCUT2D eigenvalue weighted by atomic mass is 10.1. The summed E-state index contributed by atoms with van der Waals surface area (Å²) in [7, 11) is 1.64. The number of carbonyl (C=O) groups excluding carboxylic acids is 1. The Kier molecular flexibility index (Phi) is 7.85. The molecule has 3 N–H and O–H groups in total. The minimum Gasteiger partial charge on any atom is -0.380 e. The summed E-state index contributed by atoms with van der Waals surface area (Å²) in [4.78, 5) is 19.8. The molecule has 1 aliphatic rings. The van der Waals surface area contributed by atoms with Gasteiger partial charge in [-0.1, -0.05) is 18.2 Å². The highest BCUT2D eigenvalue weighted by atomic mass is 127. The largest absolute Gasteiger partial charge is 0.380 e. The number of hydrogen-bond donors (Lipinski definition) is 2. The van der Waals surface area contributed by atoms with Gasteiger partial charge in [0.1, 0.15) is 6.54 Å². The number of thiophene rings is 1. The molecule has 0 fully saturated rings. The van der Waals surface area contributed by atoms with Crippen molar-refractivity contribution >= 4 is 52.9 Å². The fourth-order valence-corrected chi connectivity index (χ4v) is 3.70. The topological polar surface area (TPSA) is 80.0 Å². The number of methoxy groups -OCH3 is 1. The number of guanidine groups is 1. The number of fused-ring (bicyclic) bond motifs is 1. The molecule has 6 nitrogen and oxygen atoms in total. The Balaban J connectivity index is 0.00000243. The van der Waals surface area contributed by atoms with E-state index in [-0.39, 0.29) is 42.4 Å². The number of para-hydroxylation sites is 1. The van der Waals surface area contributed by atoms with Crippen molar-refractivity contribution in [3.8, 4) is 0 Å². The predicted octanol–water partition coefficient (Wildman–Crippen LogP) is 2.82. The van der Waals surface area contributed by atoms with Crippen LogP contribution in [0.25, 0.3) is 0 Å². The first-order chi connectivity index (χ1) is 12.2. The van der Waals surface area contributed by atoms with E-state index < -0.39 is 0 Å². The smallest absolute Gasteiger partial charge is 0.244 e. The van der Waals surface area contributed by atoms with Crippen LogP contribution in [0.3, 0.4) is 0 Å². The molecule has 0 atom stereocenters. The van der Waals surface area contributed by atoms with Gasteiger partial charge in [-0.25, -0.2) is 4.99 Å². The Bertz CT molecular complexity index is 778. The molecule has 0 spiro atoms. The van der Waals surface area contributed by atoms with E-state index in [0.29, 0.717) is 13.2 Å². The quantitative estimate of drug-likeness (QED) is 0.387. The summed E-state index contributed by atoms with van der Waals surface area (Å²) in [5.41, 5.74) is 9.00. The predicted molar refractivity (Wildman–Crippen MR) is 116 cm³/mol. The van der Waals surface area contributed by atoms with Gasteiger partial charge in [0.05, 0.1) is 6.61 Å². The first-order valence-corrected chi connectivity index (χ1v) is 9.02. The van der Waals surface area contributed by atoms with Gasteiger partial charge >= 0.3 is 0 Å². The second kappa shape index (κ2) is 9.89. The zero-order chi connectivity index (χ0) is 17.6. The highest BCUT2D eigenvalue weighted by Crippen LogP contribution is 2.24. The fourth-order valence-electron chi connectivity index (χ4n) is 2.82. The maximum Gasteiger partial charge on any atom is 0.244 e. The number of carbonyl (C=O) groups is 1. The first kappa shape index (κ1) is 20.7. The lowest BCUT2D eigenvalue weighted by molar-refractivity contribution is -0.130. The fraction of sp³-hybridized carbons (Fsp3) is 0.333. The number of anilines is 1. The van der Waals surface area contributed by atoms with Crippen LogP contribution >= 0.6 is 35.3 Å². The molecule has 0 saturated carbocycles. The Morgan fingerprint density at radius 3 is 3.00 bits per heavy atom. The number of halogens is 1. The van der Waals surface area contributed by atoms with Crippen molar-refractivity contribution in [3.63, 3.8) is 0 Å². The van der Waals surface area contributed by atoms with Crippen LogP contribution in [0.15, 0.2) is 40.7 Å². The van der Waals surface area contributed by atoms with Gasteiger partial charge in [-0.15, -0.1) is 35.3 Å². The molecule has 1 aromatic heterocycles. The van der Waals surface area contributed by atoms with Gasteiger partial charge < -0.3 is 20.7 Å². The van der Waals surface area contributed by atoms with E-state index >= 15 is 0 Å². The number of rotatable bonds is 5. The molecular weight excluding hydrogens is 463 g/mol. The average Bonchev–Trinajstić information content (AvgIpc) is 3.09. The van der Waals surface area contributed by atoms with Gasteiger partial charge in [-0.2, -0.15) is 0 Å². The van der Waals surface area contributed by atoms with Crippen LogP contribution < -0.4 is 11.1 Å². The van der Waals surface area contributed by atoms with Gasteiger partial charge in [0, 0.05) is 36.3 Å². The molecule has 140 valence electrons. The molecule has 3 rings (SSSR count). The lowest BCUT2D eigenvalue weighted by Crippen LogP contribution is -2.37. The zero-order valence-electron chi connectivity index (χ0n) is 14.6. The summed E-state index contributed by atoms with van der Waals surface area (Å²) >= 11 is 1.76. The van der Waals surface area contributed by atoms with Crippen LogP contribution in [0.5, 0.6) is 0 Å². The zero-order valence-corrected chi connectivity index (χ0v) is 17.8. The molecule has 0 bridgehead atoms. The molecule has 8 heteroatoms. The van der Waals surface area contributed by atoms with Gasteiger partial charge in [0.15, 0.2) is 5.96 Å². The van der Waals surface area contributed by atoms with E-state index in [9.17, 15) is 4.79 Å². The highest BCUT2D eigenvalue weighted by molar-refractivity contribution is 14.0. The van der Waals surface area contributed by atoms with Crippen LogP contribution in [-0.2, 0) is 29.1 Å². The Hall–Kier alpha value is -1.65. The van der Waals surface area contributed by atoms with Crippen molar-refractivity contribution in [3.05, 3.63) is 51.7 Å². The first-order valence-electron chi connectivity index (χ1n) is 8.14. The number of hydrogen-bond acceptors (Lipinski definition) is 4. The van der Waals surface area contributed by atoms with Crippen molar-refractivity contribution in [2.45, 2.75) is 19.6 Å². The van der Waals surface area contributed by atoms with Crippen molar-refractivity contribution in [2.24, 2.45) is 10.7 Å². The molecule has 0 unspecified atom stereocenters. The number of nitrogens with one attached hydrogen (secondary N) is 1. The molecule has 1 aromatic carbocycles. The molecule has 0 radical (unpaired) electrons. The third-order valence-electron chi connectivity index (χ3n) is 4.12. The summed E-state index contributed by atoms with van der Waals surface area (Å²) in [6, 6.07) is 9.79. The number of nitrogens with two attached hydrogens (primary N) is 1. The summed E-state index contributed by atoms with van der Waals surface area (Å²) in [6.45, 7) is 1.93. The SMILES string of the molecule is COCc1ccccc1NC(N)=NCC(=O)N1CCc2sccc2C1.I.